The van der Waals surface area contributed by atoms with Crippen LogP contribution in [0, 0.1) is 17.6 Å². The molecule has 0 radical (unpaired) electrons. The highest BCUT2D eigenvalue weighted by atomic mass is 19.1. The highest BCUT2D eigenvalue weighted by Crippen LogP contribution is 2.30. The maximum atomic E-state index is 13.6. The van der Waals surface area contributed by atoms with E-state index in [2.05, 4.69) is 0 Å². The monoisotopic (exact) mass is 253 g/mol. The van der Waals surface area contributed by atoms with Gasteiger partial charge in [0.1, 0.15) is 11.6 Å². The first-order valence-corrected chi connectivity index (χ1v) is 6.87. The smallest absolute Gasteiger partial charge is 0.130 e. The van der Waals surface area contributed by atoms with Crippen LogP contribution in [-0.2, 0) is 0 Å². The average molecular weight is 253 g/mol. The van der Waals surface area contributed by atoms with E-state index in [4.69, 9.17) is 5.73 Å². The summed E-state index contributed by atoms with van der Waals surface area (Å²) in [6.07, 6.45) is 8.30. The minimum atomic E-state index is -0.544. The van der Waals surface area contributed by atoms with Gasteiger partial charge in [0.2, 0.25) is 0 Å². The van der Waals surface area contributed by atoms with Crippen molar-refractivity contribution in [2.75, 3.05) is 0 Å². The maximum Gasteiger partial charge on any atom is 0.130 e. The molecule has 0 saturated heterocycles. The lowest BCUT2D eigenvalue weighted by molar-refractivity contribution is 0.387. The molecule has 0 aromatic heterocycles. The molecule has 100 valence electrons. The molecule has 1 fully saturated rings. The molecule has 0 amide bonds. The first kappa shape index (κ1) is 13.5. The summed E-state index contributed by atoms with van der Waals surface area (Å²) in [5, 5.41) is 0. The summed E-state index contributed by atoms with van der Waals surface area (Å²) < 4.78 is 26.5. The molecule has 0 spiro atoms. The van der Waals surface area contributed by atoms with Crippen LogP contribution in [0.4, 0.5) is 8.78 Å². The molecule has 0 bridgehead atoms. The minimum absolute atomic E-state index is 0.311. The molecule has 1 atom stereocenters. The van der Waals surface area contributed by atoms with Crippen LogP contribution >= 0.6 is 0 Å². The van der Waals surface area contributed by atoms with Crippen LogP contribution in [0.15, 0.2) is 18.2 Å². The van der Waals surface area contributed by atoms with Gasteiger partial charge in [-0.05, 0) is 18.4 Å². The third-order valence-corrected chi connectivity index (χ3v) is 3.92. The van der Waals surface area contributed by atoms with E-state index in [1.165, 1.54) is 50.7 Å². The quantitative estimate of drug-likeness (QED) is 0.797. The van der Waals surface area contributed by atoms with E-state index in [1.807, 2.05) is 0 Å². The highest BCUT2D eigenvalue weighted by molar-refractivity contribution is 5.21. The van der Waals surface area contributed by atoms with Gasteiger partial charge in [0, 0.05) is 17.7 Å². The Bertz CT molecular complexity index is 384. The van der Waals surface area contributed by atoms with Gasteiger partial charge in [0.05, 0.1) is 0 Å². The standard InChI is InChI=1S/C15H21F2N/c16-12-7-8-13(14(17)10-12)15(18)9-11-5-3-1-2-4-6-11/h7-8,10-11,15H,1-6,9,18H2. The lowest BCUT2D eigenvalue weighted by Crippen LogP contribution is -2.17. The fourth-order valence-electron chi connectivity index (χ4n) is 2.89. The van der Waals surface area contributed by atoms with Gasteiger partial charge < -0.3 is 5.73 Å². The molecular weight excluding hydrogens is 232 g/mol. The van der Waals surface area contributed by atoms with Gasteiger partial charge in [-0.2, -0.15) is 0 Å². The summed E-state index contributed by atoms with van der Waals surface area (Å²) in [5.41, 5.74) is 6.51. The summed E-state index contributed by atoms with van der Waals surface area (Å²) in [7, 11) is 0. The Kier molecular flexibility index (Phi) is 4.70. The second-order valence-corrected chi connectivity index (χ2v) is 5.37. The molecular formula is C15H21F2N. The van der Waals surface area contributed by atoms with Gasteiger partial charge in [0.15, 0.2) is 0 Å². The van der Waals surface area contributed by atoms with Gasteiger partial charge >= 0.3 is 0 Å². The van der Waals surface area contributed by atoms with Crippen LogP contribution < -0.4 is 5.73 Å². The lowest BCUT2D eigenvalue weighted by Gasteiger charge is -2.20. The third kappa shape index (κ3) is 3.52. The SMILES string of the molecule is NC(CC1CCCCCC1)c1ccc(F)cc1F. The van der Waals surface area contributed by atoms with Gasteiger partial charge in [0.25, 0.3) is 0 Å². The molecule has 1 aliphatic carbocycles. The molecule has 18 heavy (non-hydrogen) atoms. The third-order valence-electron chi connectivity index (χ3n) is 3.92. The van der Waals surface area contributed by atoms with Crippen molar-refractivity contribution in [2.24, 2.45) is 11.7 Å². The van der Waals surface area contributed by atoms with E-state index in [-0.39, 0.29) is 6.04 Å². The molecule has 1 unspecified atom stereocenters. The predicted molar refractivity (Wildman–Crippen MR) is 69.1 cm³/mol. The molecule has 0 aliphatic heterocycles. The summed E-state index contributed by atoms with van der Waals surface area (Å²) in [6.45, 7) is 0. The molecule has 1 aromatic rings. The Morgan fingerprint density at radius 3 is 2.39 bits per heavy atom. The molecule has 1 aliphatic rings. The van der Waals surface area contributed by atoms with Crippen molar-refractivity contribution in [3.63, 3.8) is 0 Å². The summed E-state index contributed by atoms with van der Waals surface area (Å²) in [5.74, 6) is -0.471. The Balaban J connectivity index is 1.99. The molecule has 2 rings (SSSR count). The largest absolute Gasteiger partial charge is 0.324 e. The van der Waals surface area contributed by atoms with Gasteiger partial charge in [-0.3, -0.25) is 0 Å². The average Bonchev–Trinajstić information content (AvgIpc) is 2.57. The van der Waals surface area contributed by atoms with Crippen LogP contribution in [0.5, 0.6) is 0 Å². The van der Waals surface area contributed by atoms with E-state index < -0.39 is 11.6 Å². The van der Waals surface area contributed by atoms with Crippen LogP contribution in [0.3, 0.4) is 0 Å². The molecule has 1 aromatic carbocycles. The number of hydrogen-bond donors (Lipinski definition) is 1. The number of hydrogen-bond acceptors (Lipinski definition) is 1. The molecule has 2 N–H and O–H groups in total. The first-order chi connectivity index (χ1) is 8.66. The zero-order valence-corrected chi connectivity index (χ0v) is 10.7. The number of benzene rings is 1. The van der Waals surface area contributed by atoms with Crippen LogP contribution in [0.2, 0.25) is 0 Å². The van der Waals surface area contributed by atoms with E-state index in [0.29, 0.717) is 11.5 Å². The summed E-state index contributed by atoms with van der Waals surface area (Å²) >= 11 is 0. The zero-order chi connectivity index (χ0) is 13.0. The lowest BCUT2D eigenvalue weighted by atomic mass is 9.90. The maximum absolute atomic E-state index is 13.6. The molecule has 0 heterocycles. The van der Waals surface area contributed by atoms with Crippen LogP contribution in [0.25, 0.3) is 0 Å². The van der Waals surface area contributed by atoms with Crippen molar-refractivity contribution < 1.29 is 8.78 Å². The van der Waals surface area contributed by atoms with Crippen LogP contribution in [0.1, 0.15) is 56.6 Å². The molecule has 3 heteroatoms. The number of halogens is 2. The summed E-state index contributed by atoms with van der Waals surface area (Å²) in [4.78, 5) is 0. The number of nitrogens with two attached hydrogens (primary N) is 1. The second-order valence-electron chi connectivity index (χ2n) is 5.37. The van der Waals surface area contributed by atoms with E-state index >= 15 is 0 Å². The second kappa shape index (κ2) is 6.28. The van der Waals surface area contributed by atoms with Gasteiger partial charge in [-0.15, -0.1) is 0 Å². The Morgan fingerprint density at radius 2 is 1.78 bits per heavy atom. The highest BCUT2D eigenvalue weighted by Gasteiger charge is 2.19. The van der Waals surface area contributed by atoms with E-state index in [0.717, 1.165) is 12.5 Å². The van der Waals surface area contributed by atoms with Crippen LogP contribution in [-0.4, -0.2) is 0 Å². The fraction of sp³-hybridized carbons (Fsp3) is 0.600. The Labute approximate surface area is 107 Å². The van der Waals surface area contributed by atoms with Crippen molar-refractivity contribution in [3.8, 4) is 0 Å². The van der Waals surface area contributed by atoms with E-state index in [9.17, 15) is 8.78 Å². The fourth-order valence-corrected chi connectivity index (χ4v) is 2.89. The van der Waals surface area contributed by atoms with Crippen molar-refractivity contribution in [3.05, 3.63) is 35.4 Å². The number of rotatable bonds is 3. The minimum Gasteiger partial charge on any atom is -0.324 e. The Hall–Kier alpha value is -0.960. The van der Waals surface area contributed by atoms with Crippen molar-refractivity contribution >= 4 is 0 Å². The van der Waals surface area contributed by atoms with E-state index in [1.54, 1.807) is 0 Å². The normalized spacial score (nSPS) is 19.5. The van der Waals surface area contributed by atoms with Crippen molar-refractivity contribution in [1.82, 2.24) is 0 Å². The molecule has 1 saturated carbocycles. The molecule has 1 nitrogen and oxygen atoms in total. The Morgan fingerprint density at radius 1 is 1.11 bits per heavy atom. The predicted octanol–water partition coefficient (Wildman–Crippen LogP) is 4.33. The van der Waals surface area contributed by atoms with Gasteiger partial charge in [-0.1, -0.05) is 44.6 Å². The topological polar surface area (TPSA) is 26.0 Å². The zero-order valence-electron chi connectivity index (χ0n) is 10.7. The first-order valence-electron chi connectivity index (χ1n) is 6.87. The van der Waals surface area contributed by atoms with Crippen molar-refractivity contribution in [1.29, 1.82) is 0 Å². The van der Waals surface area contributed by atoms with Crippen molar-refractivity contribution in [2.45, 2.75) is 51.0 Å². The van der Waals surface area contributed by atoms with Gasteiger partial charge in [-0.25, -0.2) is 8.78 Å². The summed E-state index contributed by atoms with van der Waals surface area (Å²) in [6, 6.07) is 3.37.